The molecule has 168 valence electrons. The Morgan fingerprint density at radius 2 is 1.88 bits per heavy atom. The molecule has 1 amide bonds. The number of nitrogens with zero attached hydrogens (tertiary/aromatic N) is 4. The first kappa shape index (κ1) is 21.5. The molecule has 0 fully saturated rings. The van der Waals surface area contributed by atoms with Gasteiger partial charge in [0.25, 0.3) is 5.91 Å². The van der Waals surface area contributed by atoms with Gasteiger partial charge in [-0.3, -0.25) is 14.0 Å². The number of fused-ring (bicyclic) bond motifs is 4. The van der Waals surface area contributed by atoms with Crippen LogP contribution >= 0.6 is 11.8 Å². The molecule has 1 aliphatic heterocycles. The molecule has 2 aromatic heterocycles. The molecule has 1 aliphatic rings. The number of carbonyl (C=O) groups is 2. The average molecular weight is 461 g/mol. The molecule has 4 aromatic rings. The zero-order valence-electron chi connectivity index (χ0n) is 19.2. The summed E-state index contributed by atoms with van der Waals surface area (Å²) >= 11 is 1.38. The van der Waals surface area contributed by atoms with E-state index in [9.17, 15) is 9.59 Å². The zero-order valence-corrected chi connectivity index (χ0v) is 20.0. The third-order valence-corrected chi connectivity index (χ3v) is 7.12. The Kier molecular flexibility index (Phi) is 5.12. The van der Waals surface area contributed by atoms with Crippen LogP contribution in [0.25, 0.3) is 16.6 Å². The molecule has 0 aliphatic carbocycles. The van der Waals surface area contributed by atoms with E-state index in [0.29, 0.717) is 22.2 Å². The van der Waals surface area contributed by atoms with Crippen molar-refractivity contribution in [3.8, 4) is 5.75 Å². The van der Waals surface area contributed by atoms with Crippen LogP contribution in [0.2, 0.25) is 0 Å². The van der Waals surface area contributed by atoms with Gasteiger partial charge in [0.1, 0.15) is 5.75 Å². The first-order valence-corrected chi connectivity index (χ1v) is 11.6. The highest BCUT2D eigenvalue weighted by Gasteiger charge is 2.26. The lowest BCUT2D eigenvalue weighted by Gasteiger charge is -2.26. The highest BCUT2D eigenvalue weighted by Crippen LogP contribution is 2.35. The number of ether oxygens (including phenoxy) is 1. The van der Waals surface area contributed by atoms with Crippen LogP contribution in [0.1, 0.15) is 34.0 Å². The highest BCUT2D eigenvalue weighted by atomic mass is 32.2. The van der Waals surface area contributed by atoms with Gasteiger partial charge in [-0.05, 0) is 69.2 Å². The average Bonchev–Trinajstić information content (AvgIpc) is 3.17. The Bertz CT molecular complexity index is 1460. The summed E-state index contributed by atoms with van der Waals surface area (Å²) < 4.78 is 7.52. The maximum Gasteiger partial charge on any atom is 0.264 e. The maximum atomic E-state index is 13.3. The lowest BCUT2D eigenvalue weighted by Crippen LogP contribution is -2.35. The first-order chi connectivity index (χ1) is 15.7. The van der Waals surface area contributed by atoms with E-state index >= 15 is 0 Å². The Labute approximate surface area is 195 Å². The third-order valence-electron chi connectivity index (χ3n) is 6.08. The summed E-state index contributed by atoms with van der Waals surface area (Å²) in [5.41, 5.74) is 6.45. The second kappa shape index (κ2) is 7.88. The molecular formula is C25H24N4O3S. The molecule has 0 saturated carbocycles. The number of likely N-dealkylation sites (N-methyl/N-ethyl adjacent to an activating group) is 1. The molecule has 5 rings (SSSR count). The minimum atomic E-state index is -0.400. The van der Waals surface area contributed by atoms with Crippen LogP contribution in [-0.4, -0.2) is 45.2 Å². The predicted molar refractivity (Wildman–Crippen MR) is 130 cm³/mol. The number of anilines is 1. The molecule has 7 nitrogen and oxygen atoms in total. The normalized spacial score (nSPS) is 14.5. The van der Waals surface area contributed by atoms with Crippen molar-refractivity contribution in [3.63, 3.8) is 0 Å². The van der Waals surface area contributed by atoms with E-state index in [4.69, 9.17) is 4.74 Å². The van der Waals surface area contributed by atoms with Crippen molar-refractivity contribution in [1.82, 2.24) is 14.6 Å². The maximum absolute atomic E-state index is 13.3. The number of ketones is 1. The number of thioether (sulfide) groups is 1. The molecule has 0 saturated heterocycles. The minimum Gasteiger partial charge on any atom is -0.482 e. The van der Waals surface area contributed by atoms with Crippen LogP contribution in [-0.2, 0) is 4.79 Å². The van der Waals surface area contributed by atoms with E-state index in [1.54, 1.807) is 25.2 Å². The number of amides is 1. The predicted octanol–water partition coefficient (Wildman–Crippen LogP) is 4.53. The number of hydrogen-bond donors (Lipinski definition) is 0. The van der Waals surface area contributed by atoms with Crippen molar-refractivity contribution in [3.05, 3.63) is 58.7 Å². The van der Waals surface area contributed by atoms with Crippen LogP contribution in [0.4, 0.5) is 5.69 Å². The molecule has 3 heterocycles. The van der Waals surface area contributed by atoms with Gasteiger partial charge in [-0.1, -0.05) is 23.4 Å². The van der Waals surface area contributed by atoms with Crippen LogP contribution < -0.4 is 9.64 Å². The SMILES string of the molecule is Cc1cc(C)c2c(c1)c(C)cc1nnc(SC(C)C(=O)c3ccc4c(c3)N(C)C(=O)CO4)n12. The second-order valence-corrected chi connectivity index (χ2v) is 9.84. The van der Waals surface area contributed by atoms with E-state index in [-0.39, 0.29) is 18.3 Å². The number of Topliss-reactive ketones (excluding diaryl/α,β-unsaturated/α-hetero) is 1. The van der Waals surface area contributed by atoms with Crippen molar-refractivity contribution in [2.24, 2.45) is 0 Å². The third kappa shape index (κ3) is 3.54. The second-order valence-electron chi connectivity index (χ2n) is 8.53. The van der Waals surface area contributed by atoms with Crippen LogP contribution in [0.15, 0.2) is 41.6 Å². The Morgan fingerprint density at radius 1 is 1.09 bits per heavy atom. The van der Waals surface area contributed by atoms with Gasteiger partial charge in [0.2, 0.25) is 0 Å². The topological polar surface area (TPSA) is 76.8 Å². The van der Waals surface area contributed by atoms with Crippen LogP contribution in [0.5, 0.6) is 5.75 Å². The Morgan fingerprint density at radius 3 is 2.67 bits per heavy atom. The summed E-state index contributed by atoms with van der Waals surface area (Å²) in [4.78, 5) is 26.8. The van der Waals surface area contributed by atoms with Crippen LogP contribution in [0, 0.1) is 20.8 Å². The highest BCUT2D eigenvalue weighted by molar-refractivity contribution is 8.00. The van der Waals surface area contributed by atoms with E-state index in [1.165, 1.54) is 22.2 Å². The Balaban J connectivity index is 1.51. The number of hydrogen-bond acceptors (Lipinski definition) is 6. The van der Waals surface area contributed by atoms with Crippen molar-refractivity contribution in [1.29, 1.82) is 0 Å². The molecule has 33 heavy (non-hydrogen) atoms. The number of rotatable bonds is 4. The lowest BCUT2D eigenvalue weighted by molar-refractivity contribution is -0.120. The van der Waals surface area contributed by atoms with Crippen LogP contribution in [0.3, 0.4) is 0 Å². The zero-order chi connectivity index (χ0) is 23.4. The number of aromatic nitrogens is 3. The van der Waals surface area contributed by atoms with Gasteiger partial charge >= 0.3 is 0 Å². The summed E-state index contributed by atoms with van der Waals surface area (Å²) in [6.07, 6.45) is 0. The molecule has 0 radical (unpaired) electrons. The Hall–Kier alpha value is -3.39. The molecule has 2 aromatic carbocycles. The number of carbonyl (C=O) groups excluding carboxylic acids is 2. The van der Waals surface area contributed by atoms with E-state index < -0.39 is 5.25 Å². The van der Waals surface area contributed by atoms with Gasteiger partial charge in [0.05, 0.1) is 16.5 Å². The van der Waals surface area contributed by atoms with E-state index in [1.807, 2.05) is 17.4 Å². The van der Waals surface area contributed by atoms with E-state index in [2.05, 4.69) is 43.1 Å². The van der Waals surface area contributed by atoms with Crippen molar-refractivity contribution >= 4 is 45.7 Å². The summed E-state index contributed by atoms with van der Waals surface area (Å²) in [5, 5.41) is 10.2. The van der Waals surface area contributed by atoms with Gasteiger partial charge in [-0.25, -0.2) is 0 Å². The van der Waals surface area contributed by atoms with Gasteiger partial charge < -0.3 is 9.64 Å². The smallest absolute Gasteiger partial charge is 0.264 e. The lowest BCUT2D eigenvalue weighted by atomic mass is 10.0. The summed E-state index contributed by atoms with van der Waals surface area (Å²) in [5.74, 6) is 0.414. The van der Waals surface area contributed by atoms with Gasteiger partial charge in [0, 0.05) is 18.0 Å². The van der Waals surface area contributed by atoms with Gasteiger partial charge in [0.15, 0.2) is 23.2 Å². The summed E-state index contributed by atoms with van der Waals surface area (Å²) in [7, 11) is 1.69. The summed E-state index contributed by atoms with van der Waals surface area (Å²) in [6, 6.07) is 11.6. The largest absolute Gasteiger partial charge is 0.482 e. The molecule has 8 heteroatoms. The number of pyridine rings is 1. The van der Waals surface area contributed by atoms with Gasteiger partial charge in [-0.15, -0.1) is 10.2 Å². The molecule has 0 spiro atoms. The molecular weight excluding hydrogens is 436 g/mol. The van der Waals surface area contributed by atoms with Gasteiger partial charge in [-0.2, -0.15) is 0 Å². The van der Waals surface area contributed by atoms with Crippen molar-refractivity contribution in [2.45, 2.75) is 38.1 Å². The fraction of sp³-hybridized carbons (Fsp3) is 0.280. The number of benzene rings is 2. The fourth-order valence-corrected chi connectivity index (χ4v) is 5.30. The fourth-order valence-electron chi connectivity index (χ4n) is 4.36. The molecule has 1 atom stereocenters. The quantitative estimate of drug-likeness (QED) is 0.329. The van der Waals surface area contributed by atoms with E-state index in [0.717, 1.165) is 27.7 Å². The van der Waals surface area contributed by atoms with Crippen molar-refractivity contribution < 1.29 is 14.3 Å². The molecule has 0 bridgehead atoms. The standard InChI is InChI=1S/C25H24N4O3S/c1-13-8-15(3)23-18(9-13)14(2)10-21-26-27-25(29(21)23)33-16(4)24(31)17-6-7-20-19(11-17)28(5)22(30)12-32-20/h6-11,16H,12H2,1-5H3. The van der Waals surface area contributed by atoms with Crippen molar-refractivity contribution in [2.75, 3.05) is 18.6 Å². The number of aryl methyl sites for hydroxylation is 3. The minimum absolute atomic E-state index is 0.00930. The first-order valence-electron chi connectivity index (χ1n) is 10.7. The summed E-state index contributed by atoms with van der Waals surface area (Å²) in [6.45, 7) is 8.13. The molecule has 0 N–H and O–H groups in total. The molecule has 1 unspecified atom stereocenters. The monoisotopic (exact) mass is 460 g/mol.